The molecule has 2 saturated heterocycles. The summed E-state index contributed by atoms with van der Waals surface area (Å²) in [5, 5.41) is 9.28. The van der Waals surface area contributed by atoms with Crippen LogP contribution in [0.4, 0.5) is 4.79 Å². The summed E-state index contributed by atoms with van der Waals surface area (Å²) in [5.74, 6) is -0.876. The standard InChI is InChI=1S/C22H34N4O6S/c1-16-13-17(14-23)3-4-19(16)18-5-9-26(10-6-18)33(30,31)15-22(20(27)24-29)7-11-25(12-8-22)21(28)32-2/h3-4,13,18,29H,5-12,14-15,23H2,1-2H3,(H,24,27). The predicted octanol–water partition coefficient (Wildman–Crippen LogP) is 1.32. The van der Waals surface area contributed by atoms with Crippen molar-refractivity contribution in [3.8, 4) is 0 Å². The van der Waals surface area contributed by atoms with Gasteiger partial charge in [0.2, 0.25) is 10.0 Å². The lowest BCUT2D eigenvalue weighted by Crippen LogP contribution is -2.54. The molecule has 2 amide bonds. The van der Waals surface area contributed by atoms with E-state index >= 15 is 0 Å². The van der Waals surface area contributed by atoms with Gasteiger partial charge in [-0.1, -0.05) is 18.2 Å². The average molecular weight is 483 g/mol. The van der Waals surface area contributed by atoms with Crippen LogP contribution in [0.3, 0.4) is 0 Å². The van der Waals surface area contributed by atoms with Gasteiger partial charge in [0.05, 0.1) is 18.3 Å². The molecule has 33 heavy (non-hydrogen) atoms. The summed E-state index contributed by atoms with van der Waals surface area (Å²) >= 11 is 0. The number of nitrogens with zero attached hydrogens (tertiary/aromatic N) is 2. The normalized spacial score (nSPS) is 19.8. The molecule has 0 bridgehead atoms. The summed E-state index contributed by atoms with van der Waals surface area (Å²) in [6.45, 7) is 3.63. The minimum absolute atomic E-state index is 0.122. The summed E-state index contributed by atoms with van der Waals surface area (Å²) in [5.41, 5.74) is 9.51. The van der Waals surface area contributed by atoms with Crippen molar-refractivity contribution >= 4 is 22.0 Å². The molecule has 1 aromatic rings. The van der Waals surface area contributed by atoms with Crippen molar-refractivity contribution in [3.05, 3.63) is 34.9 Å². The molecule has 10 nitrogen and oxygen atoms in total. The number of ether oxygens (including phenoxy) is 1. The SMILES string of the molecule is COC(=O)N1CCC(CS(=O)(=O)N2CCC(c3ccc(CN)cc3C)CC2)(C(=O)NO)CC1. The number of hydrogen-bond acceptors (Lipinski definition) is 7. The number of piperidine rings is 2. The van der Waals surface area contributed by atoms with Crippen molar-refractivity contribution in [1.29, 1.82) is 0 Å². The fourth-order valence-electron chi connectivity index (χ4n) is 5.01. The van der Waals surface area contributed by atoms with E-state index in [1.54, 1.807) is 5.48 Å². The van der Waals surface area contributed by atoms with E-state index in [4.69, 9.17) is 10.5 Å². The van der Waals surface area contributed by atoms with Crippen LogP contribution in [0.1, 0.15) is 48.3 Å². The number of benzene rings is 1. The number of hydroxylamine groups is 1. The van der Waals surface area contributed by atoms with Crippen LogP contribution in [0, 0.1) is 12.3 Å². The molecule has 11 heteroatoms. The minimum atomic E-state index is -3.76. The number of aryl methyl sites for hydroxylation is 1. The number of amides is 2. The highest BCUT2D eigenvalue weighted by Gasteiger charge is 2.47. The van der Waals surface area contributed by atoms with E-state index in [2.05, 4.69) is 19.1 Å². The van der Waals surface area contributed by atoms with Gasteiger partial charge in [0.1, 0.15) is 0 Å². The first-order valence-electron chi connectivity index (χ1n) is 11.2. The summed E-state index contributed by atoms with van der Waals surface area (Å²) in [4.78, 5) is 25.7. The second-order valence-corrected chi connectivity index (χ2v) is 11.0. The van der Waals surface area contributed by atoms with Crippen molar-refractivity contribution in [3.63, 3.8) is 0 Å². The molecule has 0 aromatic heterocycles. The molecule has 0 radical (unpaired) electrons. The van der Waals surface area contributed by atoms with Crippen LogP contribution in [-0.4, -0.2) is 73.9 Å². The molecule has 1 aromatic carbocycles. The van der Waals surface area contributed by atoms with Crippen LogP contribution in [-0.2, 0) is 26.1 Å². The number of hydrogen-bond donors (Lipinski definition) is 3. The van der Waals surface area contributed by atoms with Crippen molar-refractivity contribution < 1.29 is 28.0 Å². The number of carbonyl (C=O) groups excluding carboxylic acids is 2. The zero-order valence-electron chi connectivity index (χ0n) is 19.2. The van der Waals surface area contributed by atoms with Gasteiger partial charge >= 0.3 is 6.09 Å². The Morgan fingerprint density at radius 1 is 1.21 bits per heavy atom. The second-order valence-electron chi connectivity index (χ2n) is 9.00. The van der Waals surface area contributed by atoms with Crippen LogP contribution >= 0.6 is 0 Å². The van der Waals surface area contributed by atoms with Crippen LogP contribution in [0.15, 0.2) is 18.2 Å². The first-order chi connectivity index (χ1) is 15.7. The van der Waals surface area contributed by atoms with Gasteiger partial charge in [-0.25, -0.2) is 23.0 Å². The topological polar surface area (TPSA) is 142 Å². The van der Waals surface area contributed by atoms with Gasteiger partial charge in [-0.05, 0) is 55.2 Å². The predicted molar refractivity (Wildman–Crippen MR) is 122 cm³/mol. The molecule has 2 aliphatic rings. The molecular weight excluding hydrogens is 448 g/mol. The molecule has 3 rings (SSSR count). The Morgan fingerprint density at radius 3 is 2.36 bits per heavy atom. The highest BCUT2D eigenvalue weighted by Crippen LogP contribution is 2.37. The van der Waals surface area contributed by atoms with E-state index in [-0.39, 0.29) is 31.8 Å². The van der Waals surface area contributed by atoms with Gasteiger partial charge in [0.25, 0.3) is 5.91 Å². The van der Waals surface area contributed by atoms with Crippen LogP contribution < -0.4 is 11.2 Å². The number of likely N-dealkylation sites (tertiary alicyclic amines) is 1. The van der Waals surface area contributed by atoms with Gasteiger partial charge in [0.15, 0.2) is 0 Å². The lowest BCUT2D eigenvalue weighted by Gasteiger charge is -2.41. The molecule has 0 aliphatic carbocycles. The van der Waals surface area contributed by atoms with E-state index in [1.165, 1.54) is 21.9 Å². The summed E-state index contributed by atoms with van der Waals surface area (Å²) < 4.78 is 32.7. The number of nitrogens with one attached hydrogen (secondary N) is 1. The zero-order chi connectivity index (χ0) is 24.2. The lowest BCUT2D eigenvalue weighted by atomic mass is 9.79. The van der Waals surface area contributed by atoms with Crippen molar-refractivity contribution in [2.75, 3.05) is 39.0 Å². The Labute approximate surface area is 195 Å². The number of methoxy groups -OCH3 is 1. The monoisotopic (exact) mass is 482 g/mol. The van der Waals surface area contributed by atoms with Crippen LogP contribution in [0.25, 0.3) is 0 Å². The Morgan fingerprint density at radius 2 is 1.85 bits per heavy atom. The number of sulfonamides is 1. The Balaban J connectivity index is 1.68. The molecule has 2 fully saturated rings. The fourth-order valence-corrected chi connectivity index (χ4v) is 7.08. The summed E-state index contributed by atoms with van der Waals surface area (Å²) in [6.07, 6.45) is 1.11. The maximum absolute atomic E-state index is 13.3. The molecular formula is C22H34N4O6S. The van der Waals surface area contributed by atoms with Crippen LogP contribution in [0.5, 0.6) is 0 Å². The van der Waals surface area contributed by atoms with E-state index < -0.39 is 33.2 Å². The summed E-state index contributed by atoms with van der Waals surface area (Å²) in [6, 6.07) is 6.18. The van der Waals surface area contributed by atoms with Crippen LogP contribution in [0.2, 0.25) is 0 Å². The number of rotatable bonds is 6. The zero-order valence-corrected chi connectivity index (χ0v) is 20.1. The largest absolute Gasteiger partial charge is 0.453 e. The third kappa shape index (κ3) is 5.48. The molecule has 0 spiro atoms. The number of nitrogens with two attached hydrogens (primary N) is 1. The van der Waals surface area contributed by atoms with E-state index in [9.17, 15) is 23.2 Å². The first-order valence-corrected chi connectivity index (χ1v) is 12.8. The molecule has 0 atom stereocenters. The molecule has 184 valence electrons. The third-order valence-electron chi connectivity index (χ3n) is 7.05. The maximum Gasteiger partial charge on any atom is 0.409 e. The molecule has 2 aliphatic heterocycles. The van der Waals surface area contributed by atoms with Crippen molar-refractivity contribution in [2.45, 2.75) is 45.1 Å². The smallest absolute Gasteiger partial charge is 0.409 e. The molecule has 4 N–H and O–H groups in total. The van der Waals surface area contributed by atoms with Gasteiger partial charge in [-0.2, -0.15) is 0 Å². The Hall–Kier alpha value is -2.21. The first kappa shape index (κ1) is 25.4. The highest BCUT2D eigenvalue weighted by molar-refractivity contribution is 7.89. The Kier molecular flexibility index (Phi) is 7.99. The Bertz CT molecular complexity index is 967. The van der Waals surface area contributed by atoms with Gasteiger partial charge in [0, 0.05) is 32.7 Å². The highest BCUT2D eigenvalue weighted by atomic mass is 32.2. The second kappa shape index (κ2) is 10.4. The number of carbonyl (C=O) groups is 2. The molecule has 0 saturated carbocycles. The van der Waals surface area contributed by atoms with E-state index in [0.29, 0.717) is 32.5 Å². The van der Waals surface area contributed by atoms with E-state index in [1.807, 2.05) is 6.07 Å². The van der Waals surface area contributed by atoms with Gasteiger partial charge in [-0.15, -0.1) is 0 Å². The van der Waals surface area contributed by atoms with Gasteiger partial charge < -0.3 is 15.4 Å². The fraction of sp³-hybridized carbons (Fsp3) is 0.636. The van der Waals surface area contributed by atoms with Crippen molar-refractivity contribution in [2.24, 2.45) is 11.1 Å². The van der Waals surface area contributed by atoms with Gasteiger partial charge in [-0.3, -0.25) is 10.0 Å². The quantitative estimate of drug-likeness (QED) is 0.410. The van der Waals surface area contributed by atoms with Crippen molar-refractivity contribution in [1.82, 2.24) is 14.7 Å². The van der Waals surface area contributed by atoms with E-state index in [0.717, 1.165) is 11.1 Å². The molecule has 0 unspecified atom stereocenters. The summed E-state index contributed by atoms with van der Waals surface area (Å²) in [7, 11) is -2.49. The maximum atomic E-state index is 13.3. The minimum Gasteiger partial charge on any atom is -0.453 e. The average Bonchev–Trinajstić information content (AvgIpc) is 2.83. The molecule has 2 heterocycles. The lowest BCUT2D eigenvalue weighted by molar-refractivity contribution is -0.141. The third-order valence-corrected chi connectivity index (χ3v) is 9.12.